The number of aromatic hydroxyl groups is 1. The first-order valence-electron chi connectivity index (χ1n) is 6.57. The van der Waals surface area contributed by atoms with E-state index in [2.05, 4.69) is 0 Å². The Kier molecular flexibility index (Phi) is 4.37. The van der Waals surface area contributed by atoms with Gasteiger partial charge < -0.3 is 15.7 Å². The molecular formula is C14H19FN2O2. The SMILES string of the molecule is NCC(Cc1cc(O)cc(F)c1)C(=O)N1CCCC1. The highest BCUT2D eigenvalue weighted by Gasteiger charge is 2.25. The van der Waals surface area contributed by atoms with E-state index in [1.54, 1.807) is 0 Å². The van der Waals surface area contributed by atoms with Gasteiger partial charge in [-0.1, -0.05) is 0 Å². The molecule has 0 aromatic heterocycles. The Morgan fingerprint density at radius 1 is 1.37 bits per heavy atom. The second-order valence-corrected chi connectivity index (χ2v) is 4.99. The van der Waals surface area contributed by atoms with Crippen molar-refractivity contribution in [3.63, 3.8) is 0 Å². The molecule has 5 heteroatoms. The van der Waals surface area contributed by atoms with Gasteiger partial charge in [0.15, 0.2) is 0 Å². The highest BCUT2D eigenvalue weighted by atomic mass is 19.1. The lowest BCUT2D eigenvalue weighted by molar-refractivity contribution is -0.134. The summed E-state index contributed by atoms with van der Waals surface area (Å²) in [5, 5.41) is 9.36. The van der Waals surface area contributed by atoms with Crippen molar-refractivity contribution in [1.82, 2.24) is 4.90 Å². The molecule has 1 aliphatic rings. The summed E-state index contributed by atoms with van der Waals surface area (Å²) in [5.41, 5.74) is 6.26. The quantitative estimate of drug-likeness (QED) is 0.862. The van der Waals surface area contributed by atoms with E-state index in [1.807, 2.05) is 4.90 Å². The highest BCUT2D eigenvalue weighted by molar-refractivity contribution is 5.79. The maximum absolute atomic E-state index is 13.2. The van der Waals surface area contributed by atoms with Gasteiger partial charge in [0.1, 0.15) is 11.6 Å². The predicted octanol–water partition coefficient (Wildman–Crippen LogP) is 1.27. The van der Waals surface area contributed by atoms with Gasteiger partial charge in [-0.15, -0.1) is 0 Å². The third-order valence-electron chi connectivity index (χ3n) is 3.48. The molecule has 3 N–H and O–H groups in total. The van der Waals surface area contributed by atoms with Gasteiger partial charge in [-0.25, -0.2) is 4.39 Å². The zero-order valence-corrected chi connectivity index (χ0v) is 10.8. The van der Waals surface area contributed by atoms with Crippen molar-refractivity contribution in [3.05, 3.63) is 29.6 Å². The van der Waals surface area contributed by atoms with E-state index in [1.165, 1.54) is 12.1 Å². The zero-order valence-electron chi connectivity index (χ0n) is 10.8. The highest BCUT2D eigenvalue weighted by Crippen LogP contribution is 2.19. The number of halogens is 1. The summed E-state index contributed by atoms with van der Waals surface area (Å²) in [5.74, 6) is -0.943. The Morgan fingerprint density at radius 3 is 2.63 bits per heavy atom. The molecule has 19 heavy (non-hydrogen) atoms. The Balaban J connectivity index is 2.07. The van der Waals surface area contributed by atoms with Gasteiger partial charge in [-0.05, 0) is 37.0 Å². The average Bonchev–Trinajstić information content (AvgIpc) is 2.87. The monoisotopic (exact) mass is 266 g/mol. The average molecular weight is 266 g/mol. The van der Waals surface area contributed by atoms with Gasteiger partial charge in [0, 0.05) is 25.7 Å². The van der Waals surface area contributed by atoms with Gasteiger partial charge in [0.05, 0.1) is 5.92 Å². The smallest absolute Gasteiger partial charge is 0.227 e. The topological polar surface area (TPSA) is 66.6 Å². The number of hydrogen-bond donors (Lipinski definition) is 2. The number of carbonyl (C=O) groups excluding carboxylic acids is 1. The summed E-state index contributed by atoms with van der Waals surface area (Å²) in [6, 6.07) is 3.85. The summed E-state index contributed by atoms with van der Waals surface area (Å²) in [6.07, 6.45) is 2.42. The zero-order chi connectivity index (χ0) is 13.8. The number of phenolic OH excluding ortho intramolecular Hbond substituents is 1. The van der Waals surface area contributed by atoms with Crippen LogP contribution >= 0.6 is 0 Å². The molecule has 1 heterocycles. The lowest BCUT2D eigenvalue weighted by atomic mass is 9.97. The van der Waals surface area contributed by atoms with Crippen molar-refractivity contribution in [2.45, 2.75) is 19.3 Å². The van der Waals surface area contributed by atoms with Crippen molar-refractivity contribution >= 4 is 5.91 Å². The fourth-order valence-corrected chi connectivity index (χ4v) is 2.50. The van der Waals surface area contributed by atoms with E-state index >= 15 is 0 Å². The van der Waals surface area contributed by atoms with Crippen LogP contribution in [0.1, 0.15) is 18.4 Å². The number of amides is 1. The number of likely N-dealkylation sites (tertiary alicyclic amines) is 1. The van der Waals surface area contributed by atoms with Crippen molar-refractivity contribution in [2.75, 3.05) is 19.6 Å². The van der Waals surface area contributed by atoms with Crippen LogP contribution in [0.25, 0.3) is 0 Å². The van der Waals surface area contributed by atoms with E-state index in [-0.39, 0.29) is 24.1 Å². The number of nitrogens with two attached hydrogens (primary N) is 1. The van der Waals surface area contributed by atoms with E-state index in [9.17, 15) is 14.3 Å². The normalized spacial score (nSPS) is 16.6. The van der Waals surface area contributed by atoms with Gasteiger partial charge in [-0.3, -0.25) is 4.79 Å². The van der Waals surface area contributed by atoms with Crippen molar-refractivity contribution in [1.29, 1.82) is 0 Å². The Bertz CT molecular complexity index is 439. The minimum absolute atomic E-state index is 0.0313. The van der Waals surface area contributed by atoms with Crippen LogP contribution in [0.15, 0.2) is 18.2 Å². The molecule has 1 saturated heterocycles. The fourth-order valence-electron chi connectivity index (χ4n) is 2.50. The van der Waals surface area contributed by atoms with E-state index in [0.29, 0.717) is 12.0 Å². The molecule has 0 radical (unpaired) electrons. The van der Waals surface area contributed by atoms with Crippen LogP contribution in [-0.2, 0) is 11.2 Å². The maximum Gasteiger partial charge on any atom is 0.227 e. The molecule has 1 aliphatic heterocycles. The molecule has 4 nitrogen and oxygen atoms in total. The van der Waals surface area contributed by atoms with Gasteiger partial charge in [0.2, 0.25) is 5.91 Å². The number of carbonyl (C=O) groups is 1. The third-order valence-corrected chi connectivity index (χ3v) is 3.48. The van der Waals surface area contributed by atoms with Crippen LogP contribution in [0, 0.1) is 11.7 Å². The summed E-state index contributed by atoms with van der Waals surface area (Å²) in [6.45, 7) is 1.79. The Hall–Kier alpha value is -1.62. The van der Waals surface area contributed by atoms with Crippen molar-refractivity contribution < 1.29 is 14.3 Å². The van der Waals surface area contributed by atoms with Gasteiger partial charge in [-0.2, -0.15) is 0 Å². The van der Waals surface area contributed by atoms with Crippen LogP contribution in [-0.4, -0.2) is 35.5 Å². The van der Waals surface area contributed by atoms with Crippen LogP contribution in [0.3, 0.4) is 0 Å². The Labute approximate surface area is 112 Å². The molecular weight excluding hydrogens is 247 g/mol. The maximum atomic E-state index is 13.2. The first-order valence-corrected chi connectivity index (χ1v) is 6.57. The molecule has 1 amide bonds. The third kappa shape index (κ3) is 3.44. The van der Waals surface area contributed by atoms with Crippen molar-refractivity contribution in [2.24, 2.45) is 11.7 Å². The minimum Gasteiger partial charge on any atom is -0.508 e. The molecule has 1 aromatic carbocycles. The van der Waals surface area contributed by atoms with Crippen molar-refractivity contribution in [3.8, 4) is 5.75 Å². The van der Waals surface area contributed by atoms with Crippen LogP contribution in [0.5, 0.6) is 5.75 Å². The second-order valence-electron chi connectivity index (χ2n) is 4.99. The largest absolute Gasteiger partial charge is 0.508 e. The number of phenols is 1. The number of nitrogens with zero attached hydrogens (tertiary/aromatic N) is 1. The first-order chi connectivity index (χ1) is 9.10. The molecule has 0 spiro atoms. The molecule has 0 aliphatic carbocycles. The molecule has 104 valence electrons. The van der Waals surface area contributed by atoms with E-state index in [4.69, 9.17) is 5.73 Å². The number of rotatable bonds is 4. The fraction of sp³-hybridized carbons (Fsp3) is 0.500. The van der Waals surface area contributed by atoms with E-state index < -0.39 is 5.82 Å². The first kappa shape index (κ1) is 13.8. The van der Waals surface area contributed by atoms with Crippen LogP contribution < -0.4 is 5.73 Å². The molecule has 1 fully saturated rings. The molecule has 1 unspecified atom stereocenters. The van der Waals surface area contributed by atoms with E-state index in [0.717, 1.165) is 32.0 Å². The summed E-state index contributed by atoms with van der Waals surface area (Å²) < 4.78 is 13.2. The summed E-state index contributed by atoms with van der Waals surface area (Å²) in [4.78, 5) is 14.1. The molecule has 1 aromatic rings. The summed E-state index contributed by atoms with van der Waals surface area (Å²) in [7, 11) is 0. The number of hydrogen-bond acceptors (Lipinski definition) is 3. The molecule has 0 saturated carbocycles. The predicted molar refractivity (Wildman–Crippen MR) is 70.1 cm³/mol. The minimum atomic E-state index is -0.501. The standard InChI is InChI=1S/C14H19FN2O2/c15-12-6-10(7-13(18)8-12)5-11(9-16)14(19)17-3-1-2-4-17/h6-8,11,18H,1-5,9,16H2. The molecule has 1 atom stereocenters. The second kappa shape index (κ2) is 6.02. The van der Waals surface area contributed by atoms with Crippen LogP contribution in [0.4, 0.5) is 4.39 Å². The lowest BCUT2D eigenvalue weighted by Crippen LogP contribution is -2.38. The summed E-state index contributed by atoms with van der Waals surface area (Å²) >= 11 is 0. The Morgan fingerprint density at radius 2 is 2.05 bits per heavy atom. The number of benzene rings is 1. The van der Waals surface area contributed by atoms with Crippen LogP contribution in [0.2, 0.25) is 0 Å². The van der Waals surface area contributed by atoms with Gasteiger partial charge in [0.25, 0.3) is 0 Å². The molecule has 2 rings (SSSR count). The lowest BCUT2D eigenvalue weighted by Gasteiger charge is -2.22. The van der Waals surface area contributed by atoms with Gasteiger partial charge >= 0.3 is 0 Å². The molecule has 0 bridgehead atoms.